The number of nitrogens with one attached hydrogen (secondary N) is 1. The monoisotopic (exact) mass is 365 g/mol. The van der Waals surface area contributed by atoms with E-state index < -0.39 is 0 Å². The Morgan fingerprint density at radius 3 is 2.69 bits per heavy atom. The Kier molecular flexibility index (Phi) is 4.97. The van der Waals surface area contributed by atoms with Crippen molar-refractivity contribution in [2.45, 2.75) is 19.4 Å². The lowest BCUT2D eigenvalue weighted by atomic mass is 10.0. The van der Waals surface area contributed by atoms with E-state index in [-0.39, 0.29) is 0 Å². The maximum atomic E-state index is 5.92. The van der Waals surface area contributed by atoms with Crippen molar-refractivity contribution in [3.8, 4) is 0 Å². The molecule has 6 heteroatoms. The van der Waals surface area contributed by atoms with Gasteiger partial charge in [0.25, 0.3) is 0 Å². The Morgan fingerprint density at radius 2 is 1.85 bits per heavy atom. The van der Waals surface area contributed by atoms with Gasteiger partial charge in [0.1, 0.15) is 0 Å². The van der Waals surface area contributed by atoms with Crippen molar-refractivity contribution in [3.05, 3.63) is 76.4 Å². The topological polar surface area (TPSA) is 53.9 Å². The summed E-state index contributed by atoms with van der Waals surface area (Å²) in [7, 11) is 0. The maximum Gasteiger partial charge on any atom is 0.244 e. The van der Waals surface area contributed by atoms with Crippen LogP contribution in [0.1, 0.15) is 16.7 Å². The van der Waals surface area contributed by atoms with Crippen LogP contribution in [0.4, 0.5) is 11.8 Å². The molecule has 1 N–H and O–H groups in total. The first-order valence-electron chi connectivity index (χ1n) is 8.78. The Morgan fingerprint density at radius 1 is 1.04 bits per heavy atom. The summed E-state index contributed by atoms with van der Waals surface area (Å²) in [5.41, 5.74) is 4.00. The van der Waals surface area contributed by atoms with Crippen LogP contribution in [0.5, 0.6) is 0 Å². The van der Waals surface area contributed by atoms with Crippen LogP contribution in [0, 0.1) is 0 Å². The molecule has 0 fully saturated rings. The average molecular weight is 366 g/mol. The smallest absolute Gasteiger partial charge is 0.244 e. The highest BCUT2D eigenvalue weighted by Gasteiger charge is 2.17. The first kappa shape index (κ1) is 16.8. The molecule has 26 heavy (non-hydrogen) atoms. The molecule has 0 saturated carbocycles. The molecule has 2 aromatic carbocycles. The fraction of sp³-hybridized carbons (Fsp3) is 0.250. The van der Waals surface area contributed by atoms with E-state index in [1.54, 1.807) is 6.20 Å². The summed E-state index contributed by atoms with van der Waals surface area (Å²) in [4.78, 5) is 6.89. The van der Waals surface area contributed by atoms with Gasteiger partial charge >= 0.3 is 0 Å². The summed E-state index contributed by atoms with van der Waals surface area (Å²) in [6, 6.07) is 16.5. The highest BCUT2D eigenvalue weighted by molar-refractivity contribution is 6.30. The highest BCUT2D eigenvalue weighted by Crippen LogP contribution is 2.22. The van der Waals surface area contributed by atoms with Crippen LogP contribution in [-0.2, 0) is 19.4 Å². The maximum absolute atomic E-state index is 5.92. The molecule has 0 unspecified atom stereocenters. The lowest BCUT2D eigenvalue weighted by Gasteiger charge is -2.29. The Bertz CT molecular complexity index is 881. The lowest BCUT2D eigenvalue weighted by molar-refractivity contribution is 0.714. The van der Waals surface area contributed by atoms with Crippen LogP contribution in [0.3, 0.4) is 0 Å². The van der Waals surface area contributed by atoms with Crippen LogP contribution < -0.4 is 10.2 Å². The summed E-state index contributed by atoms with van der Waals surface area (Å²) >= 11 is 5.92. The Hall–Kier alpha value is -2.66. The average Bonchev–Trinajstić information content (AvgIpc) is 2.69. The van der Waals surface area contributed by atoms with Crippen molar-refractivity contribution in [2.75, 3.05) is 23.3 Å². The third-order valence-electron chi connectivity index (χ3n) is 4.61. The number of aromatic nitrogens is 3. The standard InChI is InChI=1S/C20H20ClN5/c21-18-7-5-15(6-8-18)9-11-22-20-24-19(13-23-25-20)26-12-10-16-3-1-2-4-17(16)14-26/h1-8,13H,9-12,14H2,(H,22,24,25). The minimum atomic E-state index is 0.565. The van der Waals surface area contributed by atoms with Gasteiger partial charge < -0.3 is 10.2 Å². The molecule has 5 nitrogen and oxygen atoms in total. The van der Waals surface area contributed by atoms with Crippen LogP contribution >= 0.6 is 11.6 Å². The van der Waals surface area contributed by atoms with Crippen molar-refractivity contribution in [1.29, 1.82) is 0 Å². The number of hydrogen-bond donors (Lipinski definition) is 1. The number of fused-ring (bicyclic) bond motifs is 1. The second-order valence-electron chi connectivity index (χ2n) is 6.38. The van der Waals surface area contributed by atoms with Crippen LogP contribution in [0.25, 0.3) is 0 Å². The molecule has 0 aliphatic carbocycles. The van der Waals surface area contributed by atoms with Crippen molar-refractivity contribution in [2.24, 2.45) is 0 Å². The summed E-state index contributed by atoms with van der Waals surface area (Å²) in [6.45, 7) is 2.55. The number of anilines is 2. The molecule has 0 atom stereocenters. The van der Waals surface area contributed by atoms with Gasteiger partial charge in [-0.15, -0.1) is 5.10 Å². The quantitative estimate of drug-likeness (QED) is 0.746. The number of hydrogen-bond acceptors (Lipinski definition) is 5. The van der Waals surface area contributed by atoms with Crippen LogP contribution in [0.15, 0.2) is 54.7 Å². The molecule has 0 saturated heterocycles. The third-order valence-corrected chi connectivity index (χ3v) is 4.86. The summed E-state index contributed by atoms with van der Waals surface area (Å²) in [5, 5.41) is 12.2. The Labute approximate surface area is 158 Å². The normalized spacial score (nSPS) is 13.3. The summed E-state index contributed by atoms with van der Waals surface area (Å²) in [6.07, 6.45) is 3.64. The second-order valence-corrected chi connectivity index (χ2v) is 6.82. The van der Waals surface area contributed by atoms with Gasteiger partial charge in [-0.05, 0) is 41.7 Å². The summed E-state index contributed by atoms with van der Waals surface area (Å²) in [5.74, 6) is 1.43. The molecular formula is C20H20ClN5. The number of rotatable bonds is 5. The van der Waals surface area contributed by atoms with Gasteiger partial charge in [0, 0.05) is 24.7 Å². The molecular weight excluding hydrogens is 346 g/mol. The molecule has 1 aliphatic rings. The molecule has 0 spiro atoms. The molecule has 0 bridgehead atoms. The van der Waals surface area contributed by atoms with Gasteiger partial charge in [0.15, 0.2) is 5.82 Å². The zero-order chi connectivity index (χ0) is 17.8. The molecule has 0 radical (unpaired) electrons. The zero-order valence-corrected chi connectivity index (χ0v) is 15.2. The molecule has 132 valence electrons. The van der Waals surface area contributed by atoms with Crippen molar-refractivity contribution < 1.29 is 0 Å². The molecule has 3 aromatic rings. The van der Waals surface area contributed by atoms with Crippen molar-refractivity contribution in [3.63, 3.8) is 0 Å². The van der Waals surface area contributed by atoms with Gasteiger partial charge in [0.05, 0.1) is 6.20 Å². The van der Waals surface area contributed by atoms with Gasteiger partial charge in [-0.2, -0.15) is 10.1 Å². The number of halogens is 1. The highest BCUT2D eigenvalue weighted by atomic mass is 35.5. The molecule has 1 aromatic heterocycles. The van der Waals surface area contributed by atoms with Gasteiger partial charge in [0.2, 0.25) is 5.95 Å². The van der Waals surface area contributed by atoms with E-state index in [1.165, 1.54) is 16.7 Å². The second kappa shape index (κ2) is 7.70. The van der Waals surface area contributed by atoms with E-state index >= 15 is 0 Å². The van der Waals surface area contributed by atoms with Crippen LogP contribution in [-0.4, -0.2) is 28.3 Å². The van der Waals surface area contributed by atoms with Crippen LogP contribution in [0.2, 0.25) is 5.02 Å². The van der Waals surface area contributed by atoms with Gasteiger partial charge in [-0.25, -0.2) is 0 Å². The third kappa shape index (κ3) is 3.94. The van der Waals surface area contributed by atoms with E-state index in [4.69, 9.17) is 11.6 Å². The minimum absolute atomic E-state index is 0.565. The predicted molar refractivity (Wildman–Crippen MR) is 105 cm³/mol. The van der Waals surface area contributed by atoms with Gasteiger partial charge in [-0.1, -0.05) is 48.0 Å². The zero-order valence-electron chi connectivity index (χ0n) is 14.4. The Balaban J connectivity index is 1.38. The van der Waals surface area contributed by atoms with E-state index in [0.29, 0.717) is 5.95 Å². The minimum Gasteiger partial charge on any atom is -0.353 e. The molecule has 1 aliphatic heterocycles. The van der Waals surface area contributed by atoms with Gasteiger partial charge in [-0.3, -0.25) is 0 Å². The molecule has 4 rings (SSSR count). The van der Waals surface area contributed by atoms with Crippen molar-refractivity contribution in [1.82, 2.24) is 15.2 Å². The first-order chi connectivity index (χ1) is 12.8. The molecule has 2 heterocycles. The molecule has 0 amide bonds. The van der Waals surface area contributed by atoms with Crippen molar-refractivity contribution >= 4 is 23.4 Å². The fourth-order valence-corrected chi connectivity index (χ4v) is 3.31. The SMILES string of the molecule is Clc1ccc(CCNc2nncc(N3CCc4ccccc4C3)n2)cc1. The first-order valence-corrected chi connectivity index (χ1v) is 9.15. The van der Waals surface area contributed by atoms with E-state index in [9.17, 15) is 0 Å². The van der Waals surface area contributed by atoms with E-state index in [0.717, 1.165) is 43.3 Å². The largest absolute Gasteiger partial charge is 0.353 e. The number of benzene rings is 2. The van der Waals surface area contributed by atoms with E-state index in [2.05, 4.69) is 49.7 Å². The number of nitrogens with zero attached hydrogens (tertiary/aromatic N) is 4. The lowest BCUT2D eigenvalue weighted by Crippen LogP contribution is -2.31. The fourth-order valence-electron chi connectivity index (χ4n) is 3.18. The summed E-state index contributed by atoms with van der Waals surface area (Å²) < 4.78 is 0. The van der Waals surface area contributed by atoms with E-state index in [1.807, 2.05) is 24.3 Å². The predicted octanol–water partition coefficient (Wildman–Crippen LogP) is 3.74.